The fourth-order valence-electron chi connectivity index (χ4n) is 2.19. The number of benzene rings is 1. The van der Waals surface area contributed by atoms with Crippen LogP contribution in [0.4, 0.5) is 4.39 Å². The first-order valence-corrected chi connectivity index (χ1v) is 6.44. The summed E-state index contributed by atoms with van der Waals surface area (Å²) in [6.07, 6.45) is 0.947. The molecule has 2 rings (SSSR count). The molecule has 1 aromatic rings. The van der Waals surface area contributed by atoms with Gasteiger partial charge in [-0.1, -0.05) is 19.1 Å². The summed E-state index contributed by atoms with van der Waals surface area (Å²) in [7, 11) is 0. The molecule has 102 valence electrons. The van der Waals surface area contributed by atoms with Gasteiger partial charge in [-0.05, 0) is 24.1 Å². The monoisotopic (exact) mass is 264 g/mol. The van der Waals surface area contributed by atoms with Crippen molar-refractivity contribution < 1.29 is 14.0 Å². The summed E-state index contributed by atoms with van der Waals surface area (Å²) in [6, 6.07) is 5.70. The lowest BCUT2D eigenvalue weighted by molar-refractivity contribution is -0.138. The Morgan fingerprint density at radius 3 is 2.89 bits per heavy atom. The number of carbonyl (C=O) groups is 2. The van der Waals surface area contributed by atoms with E-state index in [-0.39, 0.29) is 24.1 Å². The number of nitrogens with one attached hydrogen (secondary N) is 1. The van der Waals surface area contributed by atoms with Crippen LogP contribution in [0.3, 0.4) is 0 Å². The number of hydrogen-bond acceptors (Lipinski definition) is 3. The van der Waals surface area contributed by atoms with Crippen molar-refractivity contribution in [3.63, 3.8) is 0 Å². The molecule has 4 nitrogen and oxygen atoms in total. The molecule has 1 aromatic carbocycles. The van der Waals surface area contributed by atoms with Crippen LogP contribution in [0.2, 0.25) is 0 Å². The normalized spacial score (nSPS) is 19.3. The molecule has 1 aliphatic heterocycles. The van der Waals surface area contributed by atoms with Gasteiger partial charge in [0.2, 0.25) is 11.8 Å². The molecule has 0 bridgehead atoms. The number of amides is 2. The number of carbonyl (C=O) groups excluding carboxylic acids is 2. The molecule has 0 aromatic heterocycles. The predicted octanol–water partition coefficient (Wildman–Crippen LogP) is 1.45. The molecule has 1 fully saturated rings. The van der Waals surface area contributed by atoms with Crippen LogP contribution in [0.25, 0.3) is 0 Å². The third-order valence-corrected chi connectivity index (χ3v) is 3.13. The van der Waals surface area contributed by atoms with Crippen LogP contribution in [0.1, 0.15) is 25.3 Å². The fourth-order valence-corrected chi connectivity index (χ4v) is 2.19. The lowest BCUT2D eigenvalue weighted by Crippen LogP contribution is -2.38. The summed E-state index contributed by atoms with van der Waals surface area (Å²) >= 11 is 0. The molecule has 0 spiro atoms. The van der Waals surface area contributed by atoms with Crippen molar-refractivity contribution in [2.24, 2.45) is 0 Å². The van der Waals surface area contributed by atoms with E-state index in [1.807, 2.05) is 6.92 Å². The smallest absolute Gasteiger partial charge is 0.246 e. The summed E-state index contributed by atoms with van der Waals surface area (Å²) in [5, 5.41) is 3.01. The van der Waals surface area contributed by atoms with Crippen molar-refractivity contribution in [3.8, 4) is 0 Å². The van der Waals surface area contributed by atoms with E-state index in [0.29, 0.717) is 13.1 Å². The first kappa shape index (κ1) is 13.7. The van der Waals surface area contributed by atoms with Gasteiger partial charge in [0.1, 0.15) is 5.82 Å². The molecular formula is C14H17FN2O2. The molecule has 0 radical (unpaired) electrons. The third kappa shape index (κ3) is 3.17. The van der Waals surface area contributed by atoms with Crippen molar-refractivity contribution in [1.82, 2.24) is 10.2 Å². The van der Waals surface area contributed by atoms with Crippen molar-refractivity contribution in [2.45, 2.75) is 32.4 Å². The lowest BCUT2D eigenvalue weighted by atomic mass is 10.2. The average Bonchev–Trinajstić information content (AvgIpc) is 2.65. The van der Waals surface area contributed by atoms with Crippen molar-refractivity contribution in [1.29, 1.82) is 0 Å². The Morgan fingerprint density at radius 1 is 1.42 bits per heavy atom. The Kier molecular flexibility index (Phi) is 4.27. The highest BCUT2D eigenvalue weighted by molar-refractivity contribution is 6.05. The Morgan fingerprint density at radius 2 is 2.21 bits per heavy atom. The maximum absolute atomic E-state index is 13.0. The topological polar surface area (TPSA) is 49.4 Å². The zero-order chi connectivity index (χ0) is 13.8. The van der Waals surface area contributed by atoms with Crippen LogP contribution in [-0.4, -0.2) is 29.3 Å². The summed E-state index contributed by atoms with van der Waals surface area (Å²) in [6.45, 7) is 2.77. The second-order valence-corrected chi connectivity index (χ2v) is 4.65. The summed E-state index contributed by atoms with van der Waals surface area (Å²) in [5.74, 6) is -0.618. The van der Waals surface area contributed by atoms with Gasteiger partial charge in [-0.3, -0.25) is 14.5 Å². The highest BCUT2D eigenvalue weighted by Crippen LogP contribution is 2.14. The Bertz CT molecular complexity index is 490. The van der Waals surface area contributed by atoms with Gasteiger partial charge < -0.3 is 5.32 Å². The second kappa shape index (κ2) is 5.93. The van der Waals surface area contributed by atoms with Gasteiger partial charge in [0.15, 0.2) is 0 Å². The van der Waals surface area contributed by atoms with Gasteiger partial charge in [0, 0.05) is 13.1 Å². The maximum Gasteiger partial charge on any atom is 0.246 e. The number of hydrogen-bond donors (Lipinski definition) is 1. The summed E-state index contributed by atoms with van der Waals surface area (Å²) in [4.78, 5) is 24.9. The van der Waals surface area contributed by atoms with Crippen LogP contribution in [0.5, 0.6) is 0 Å². The van der Waals surface area contributed by atoms with E-state index in [4.69, 9.17) is 0 Å². The SMILES string of the molecule is CCCN1C(=O)CC(NCc2cccc(F)c2)C1=O. The first-order valence-electron chi connectivity index (χ1n) is 6.44. The van der Waals surface area contributed by atoms with Gasteiger partial charge in [-0.15, -0.1) is 0 Å². The molecule has 2 amide bonds. The van der Waals surface area contributed by atoms with E-state index in [1.54, 1.807) is 12.1 Å². The minimum absolute atomic E-state index is 0.136. The highest BCUT2D eigenvalue weighted by Gasteiger charge is 2.37. The highest BCUT2D eigenvalue weighted by atomic mass is 19.1. The van der Waals surface area contributed by atoms with Crippen molar-refractivity contribution in [3.05, 3.63) is 35.6 Å². The quantitative estimate of drug-likeness (QED) is 0.819. The Labute approximate surface area is 111 Å². The Hall–Kier alpha value is -1.75. The van der Waals surface area contributed by atoms with Crippen LogP contribution in [-0.2, 0) is 16.1 Å². The minimum Gasteiger partial charge on any atom is -0.301 e. The lowest BCUT2D eigenvalue weighted by Gasteiger charge is -2.14. The number of halogens is 1. The third-order valence-electron chi connectivity index (χ3n) is 3.13. The van der Waals surface area contributed by atoms with E-state index < -0.39 is 6.04 Å². The summed E-state index contributed by atoms with van der Waals surface area (Å²) < 4.78 is 13.0. The zero-order valence-electron chi connectivity index (χ0n) is 10.9. The van der Waals surface area contributed by atoms with Gasteiger partial charge in [-0.25, -0.2) is 4.39 Å². The minimum atomic E-state index is -0.484. The summed E-state index contributed by atoms with van der Waals surface area (Å²) in [5.41, 5.74) is 0.759. The average molecular weight is 264 g/mol. The standard InChI is InChI=1S/C14H17FN2O2/c1-2-6-17-13(18)8-12(14(17)19)16-9-10-4-3-5-11(15)7-10/h3-5,7,12,16H,2,6,8-9H2,1H3. The molecule has 5 heteroatoms. The van der Waals surface area contributed by atoms with E-state index in [1.165, 1.54) is 17.0 Å². The molecule has 0 aliphatic carbocycles. The van der Waals surface area contributed by atoms with E-state index in [0.717, 1.165) is 12.0 Å². The zero-order valence-corrected chi connectivity index (χ0v) is 10.9. The molecule has 1 atom stereocenters. The molecule has 1 unspecified atom stereocenters. The molecule has 0 saturated carbocycles. The molecular weight excluding hydrogens is 247 g/mol. The van der Waals surface area contributed by atoms with Crippen molar-refractivity contribution in [2.75, 3.05) is 6.54 Å². The first-order chi connectivity index (χ1) is 9.11. The molecule has 19 heavy (non-hydrogen) atoms. The number of likely N-dealkylation sites (tertiary alicyclic amines) is 1. The van der Waals surface area contributed by atoms with Crippen LogP contribution in [0, 0.1) is 5.82 Å². The van der Waals surface area contributed by atoms with Crippen molar-refractivity contribution >= 4 is 11.8 Å². The van der Waals surface area contributed by atoms with Gasteiger partial charge in [0.05, 0.1) is 12.5 Å². The largest absolute Gasteiger partial charge is 0.301 e. The van der Waals surface area contributed by atoms with Gasteiger partial charge in [0.25, 0.3) is 0 Å². The molecule has 1 N–H and O–H groups in total. The Balaban J connectivity index is 1.94. The van der Waals surface area contributed by atoms with Gasteiger partial charge in [-0.2, -0.15) is 0 Å². The molecule has 1 aliphatic rings. The van der Waals surface area contributed by atoms with Gasteiger partial charge >= 0.3 is 0 Å². The molecule has 1 heterocycles. The maximum atomic E-state index is 13.0. The number of imide groups is 1. The number of nitrogens with zero attached hydrogens (tertiary/aromatic N) is 1. The van der Waals surface area contributed by atoms with Crippen LogP contribution >= 0.6 is 0 Å². The van der Waals surface area contributed by atoms with E-state index >= 15 is 0 Å². The van der Waals surface area contributed by atoms with Crippen LogP contribution in [0.15, 0.2) is 24.3 Å². The van der Waals surface area contributed by atoms with E-state index in [9.17, 15) is 14.0 Å². The predicted molar refractivity (Wildman–Crippen MR) is 68.7 cm³/mol. The van der Waals surface area contributed by atoms with E-state index in [2.05, 4.69) is 5.32 Å². The molecule has 1 saturated heterocycles. The van der Waals surface area contributed by atoms with Crippen LogP contribution < -0.4 is 5.32 Å². The number of rotatable bonds is 5. The second-order valence-electron chi connectivity index (χ2n) is 4.65. The fraction of sp³-hybridized carbons (Fsp3) is 0.429.